The highest BCUT2D eigenvalue weighted by atomic mass is 32.1. The van der Waals surface area contributed by atoms with Crippen LogP contribution in [0.4, 0.5) is 0 Å². The molecule has 0 spiro atoms. The first-order valence-electron chi connectivity index (χ1n) is 6.55. The predicted octanol–water partition coefficient (Wildman–Crippen LogP) is 2.38. The van der Waals surface area contributed by atoms with E-state index >= 15 is 0 Å². The molecule has 3 aromatic rings. The summed E-state index contributed by atoms with van der Waals surface area (Å²) in [7, 11) is 0. The Bertz CT molecular complexity index is 868. The summed E-state index contributed by atoms with van der Waals surface area (Å²) in [5, 5.41) is 19.7. The van der Waals surface area contributed by atoms with E-state index in [0.29, 0.717) is 33.3 Å². The summed E-state index contributed by atoms with van der Waals surface area (Å²) in [6.45, 7) is 3.77. The average molecular weight is 319 g/mol. The lowest BCUT2D eigenvalue weighted by Gasteiger charge is -2.01. The molecule has 7 nitrogen and oxygen atoms in total. The summed E-state index contributed by atoms with van der Waals surface area (Å²) in [5.41, 5.74) is 1.67. The molecule has 114 valence electrons. The van der Waals surface area contributed by atoms with Gasteiger partial charge in [0.1, 0.15) is 11.2 Å². The number of carbonyl (C=O) groups is 1. The van der Waals surface area contributed by atoms with Crippen LogP contribution in [0.1, 0.15) is 22.3 Å². The van der Waals surface area contributed by atoms with Crippen LogP contribution < -0.4 is 0 Å². The molecule has 0 aliphatic rings. The van der Waals surface area contributed by atoms with E-state index in [4.69, 9.17) is 4.74 Å². The van der Waals surface area contributed by atoms with Crippen LogP contribution in [-0.4, -0.2) is 37.3 Å². The highest BCUT2D eigenvalue weighted by Crippen LogP contribution is 2.32. The molecule has 0 radical (unpaired) electrons. The lowest BCUT2D eigenvalue weighted by Crippen LogP contribution is -2.03. The maximum atomic E-state index is 11.9. The van der Waals surface area contributed by atoms with Gasteiger partial charge in [0.05, 0.1) is 23.3 Å². The number of carbonyl (C=O) groups excluding carboxylic acids is 1. The van der Waals surface area contributed by atoms with Crippen LogP contribution in [0.2, 0.25) is 0 Å². The normalized spacial score (nSPS) is 11.0. The molecule has 0 amide bonds. The van der Waals surface area contributed by atoms with E-state index in [2.05, 4.69) is 9.97 Å². The molecule has 3 rings (SSSR count). The molecule has 22 heavy (non-hydrogen) atoms. The summed E-state index contributed by atoms with van der Waals surface area (Å²) in [6, 6.07) is 2.77. The molecular formula is C14H13N3O4S. The molecule has 0 saturated carbocycles. The van der Waals surface area contributed by atoms with Crippen LogP contribution in [-0.2, 0) is 4.74 Å². The second kappa shape index (κ2) is 5.30. The van der Waals surface area contributed by atoms with Gasteiger partial charge in [-0.25, -0.2) is 14.8 Å². The smallest absolute Gasteiger partial charge is 0.350 e. The Hall–Kier alpha value is -2.61. The van der Waals surface area contributed by atoms with Gasteiger partial charge in [-0.15, -0.1) is 0 Å². The van der Waals surface area contributed by atoms with E-state index in [-0.39, 0.29) is 11.5 Å². The summed E-state index contributed by atoms with van der Waals surface area (Å²) >= 11 is 1.18. The zero-order valence-corrected chi connectivity index (χ0v) is 12.7. The van der Waals surface area contributed by atoms with E-state index in [1.54, 1.807) is 18.4 Å². The fraction of sp³-hybridized carbons (Fsp3) is 0.214. The van der Waals surface area contributed by atoms with Gasteiger partial charge in [0, 0.05) is 12.1 Å². The number of esters is 1. The molecule has 2 heterocycles. The molecule has 1 aromatic carbocycles. The first-order chi connectivity index (χ1) is 10.5. The molecule has 0 unspecified atom stereocenters. The molecule has 2 N–H and O–H groups in total. The van der Waals surface area contributed by atoms with Crippen LogP contribution >= 0.6 is 11.3 Å². The highest BCUT2D eigenvalue weighted by molar-refractivity contribution is 7.16. The van der Waals surface area contributed by atoms with Crippen molar-refractivity contribution >= 4 is 28.3 Å². The number of hydrogen-bond acceptors (Lipinski definition) is 7. The lowest BCUT2D eigenvalue weighted by molar-refractivity contribution is 0.0531. The quantitative estimate of drug-likeness (QED) is 0.568. The number of phenols is 2. The number of nitrogens with zero attached hydrogens (tertiary/aromatic N) is 3. The van der Waals surface area contributed by atoms with Crippen molar-refractivity contribution in [2.45, 2.75) is 13.8 Å². The van der Waals surface area contributed by atoms with Gasteiger partial charge in [0.15, 0.2) is 16.6 Å². The number of aromatic hydroxyl groups is 2. The number of aryl methyl sites for hydroxylation is 1. The third-order valence-corrected chi connectivity index (χ3v) is 4.23. The van der Waals surface area contributed by atoms with Crippen molar-refractivity contribution in [2.75, 3.05) is 6.61 Å². The van der Waals surface area contributed by atoms with E-state index in [1.165, 1.54) is 29.8 Å². The fourth-order valence-corrected chi connectivity index (χ4v) is 3.00. The molecule has 8 heteroatoms. The minimum absolute atomic E-state index is 0.236. The number of benzene rings is 1. The van der Waals surface area contributed by atoms with Crippen molar-refractivity contribution in [1.82, 2.24) is 14.5 Å². The minimum Gasteiger partial charge on any atom is -0.504 e. The van der Waals surface area contributed by atoms with Gasteiger partial charge in [-0.05, 0) is 13.8 Å². The fourth-order valence-electron chi connectivity index (χ4n) is 2.06. The summed E-state index contributed by atoms with van der Waals surface area (Å²) in [4.78, 5) is 20.8. The van der Waals surface area contributed by atoms with E-state index in [0.717, 1.165) is 0 Å². The number of hydrogen-bond donors (Lipinski definition) is 2. The second-order valence-electron chi connectivity index (χ2n) is 4.58. The zero-order valence-electron chi connectivity index (χ0n) is 11.9. The van der Waals surface area contributed by atoms with Crippen molar-refractivity contribution in [1.29, 1.82) is 0 Å². The lowest BCUT2D eigenvalue weighted by atomic mass is 10.3. The summed E-state index contributed by atoms with van der Waals surface area (Å²) in [5.74, 6) is -0.887. The number of phenolic OH excluding ortho intramolecular Hbond substituents is 2. The van der Waals surface area contributed by atoms with E-state index in [9.17, 15) is 15.0 Å². The van der Waals surface area contributed by atoms with Gasteiger partial charge in [-0.1, -0.05) is 11.3 Å². The number of rotatable bonds is 3. The Morgan fingerprint density at radius 3 is 2.82 bits per heavy atom. The van der Waals surface area contributed by atoms with Gasteiger partial charge in [0.25, 0.3) is 0 Å². The van der Waals surface area contributed by atoms with Gasteiger partial charge in [-0.3, -0.25) is 4.57 Å². The molecule has 0 fully saturated rings. The number of ether oxygens (including phenoxy) is 1. The van der Waals surface area contributed by atoms with Crippen molar-refractivity contribution in [3.8, 4) is 16.6 Å². The van der Waals surface area contributed by atoms with Crippen LogP contribution in [0.5, 0.6) is 11.5 Å². The SMILES string of the molecule is CCOC(=O)c1sc(-n2cnc3cc(O)c(O)cc32)nc1C. The summed E-state index contributed by atoms with van der Waals surface area (Å²) in [6.07, 6.45) is 1.52. The Kier molecular flexibility index (Phi) is 3.45. The summed E-state index contributed by atoms with van der Waals surface area (Å²) < 4.78 is 6.64. The number of thiazole rings is 1. The second-order valence-corrected chi connectivity index (χ2v) is 5.55. The van der Waals surface area contributed by atoms with Gasteiger partial charge >= 0.3 is 5.97 Å². The first kappa shape index (κ1) is 14.3. The standard InChI is InChI=1S/C14H13N3O4S/c1-3-21-13(20)12-7(2)16-14(22-12)17-6-15-8-4-10(18)11(19)5-9(8)17/h4-6,18-19H,3H2,1-2H3. The third kappa shape index (κ3) is 2.27. The molecule has 0 atom stereocenters. The van der Waals surface area contributed by atoms with Gasteiger partial charge < -0.3 is 14.9 Å². The first-order valence-corrected chi connectivity index (χ1v) is 7.37. The van der Waals surface area contributed by atoms with Crippen molar-refractivity contribution in [2.24, 2.45) is 0 Å². The van der Waals surface area contributed by atoms with Crippen LogP contribution in [0.3, 0.4) is 0 Å². The molecule has 2 aromatic heterocycles. The Labute approximate surface area is 129 Å². The van der Waals surface area contributed by atoms with Crippen LogP contribution in [0, 0.1) is 6.92 Å². The largest absolute Gasteiger partial charge is 0.504 e. The molecular weight excluding hydrogens is 306 g/mol. The molecule has 0 bridgehead atoms. The van der Waals surface area contributed by atoms with Crippen LogP contribution in [0.25, 0.3) is 16.2 Å². The van der Waals surface area contributed by atoms with Crippen LogP contribution in [0.15, 0.2) is 18.5 Å². The average Bonchev–Trinajstić information content (AvgIpc) is 3.03. The number of fused-ring (bicyclic) bond motifs is 1. The topological polar surface area (TPSA) is 97.5 Å². The van der Waals surface area contributed by atoms with E-state index < -0.39 is 5.97 Å². The molecule has 0 aliphatic carbocycles. The molecule has 0 aliphatic heterocycles. The van der Waals surface area contributed by atoms with Gasteiger partial charge in [-0.2, -0.15) is 0 Å². The van der Waals surface area contributed by atoms with Gasteiger partial charge in [0.2, 0.25) is 0 Å². The minimum atomic E-state index is -0.409. The van der Waals surface area contributed by atoms with E-state index in [1.807, 2.05) is 0 Å². The Balaban J connectivity index is 2.10. The van der Waals surface area contributed by atoms with Crippen molar-refractivity contribution < 1.29 is 19.7 Å². The predicted molar refractivity (Wildman–Crippen MR) is 80.8 cm³/mol. The third-order valence-electron chi connectivity index (χ3n) is 3.10. The zero-order chi connectivity index (χ0) is 15.9. The number of imidazole rings is 1. The maximum Gasteiger partial charge on any atom is 0.350 e. The molecule has 0 saturated heterocycles. The Morgan fingerprint density at radius 2 is 2.09 bits per heavy atom. The monoisotopic (exact) mass is 319 g/mol. The maximum absolute atomic E-state index is 11.9. The Morgan fingerprint density at radius 1 is 1.36 bits per heavy atom. The highest BCUT2D eigenvalue weighted by Gasteiger charge is 2.19. The number of aromatic nitrogens is 3. The van der Waals surface area contributed by atoms with Crippen molar-refractivity contribution in [3.05, 3.63) is 29.0 Å². The van der Waals surface area contributed by atoms with Crippen molar-refractivity contribution in [3.63, 3.8) is 0 Å².